The lowest BCUT2D eigenvalue weighted by Gasteiger charge is -2.25. The number of unbranched alkanes of at least 4 members (excludes halogenated alkanes) is 2. The van der Waals surface area contributed by atoms with Crippen molar-refractivity contribution in [3.05, 3.63) is 33.8 Å². The first-order valence-electron chi connectivity index (χ1n) is 7.75. The smallest absolute Gasteiger partial charge is 0.0917 e. The van der Waals surface area contributed by atoms with Gasteiger partial charge < -0.3 is 10.0 Å². The molecule has 0 aliphatic heterocycles. The van der Waals surface area contributed by atoms with Crippen molar-refractivity contribution in [1.29, 1.82) is 0 Å². The highest BCUT2D eigenvalue weighted by Gasteiger charge is 2.13. The van der Waals surface area contributed by atoms with E-state index in [2.05, 4.69) is 47.7 Å². The van der Waals surface area contributed by atoms with Gasteiger partial charge in [0.2, 0.25) is 0 Å². The Hall–Kier alpha value is -0.380. The van der Waals surface area contributed by atoms with E-state index in [0.29, 0.717) is 0 Å². The van der Waals surface area contributed by atoms with Gasteiger partial charge in [0.1, 0.15) is 0 Å². The van der Waals surface area contributed by atoms with Crippen molar-refractivity contribution >= 4 is 15.9 Å². The van der Waals surface area contributed by atoms with Gasteiger partial charge >= 0.3 is 0 Å². The van der Waals surface area contributed by atoms with Gasteiger partial charge in [0, 0.05) is 11.0 Å². The lowest BCUT2D eigenvalue weighted by molar-refractivity contribution is 0.111. The molecule has 0 fully saturated rings. The van der Waals surface area contributed by atoms with Crippen molar-refractivity contribution in [1.82, 2.24) is 4.90 Å². The number of hydrogen-bond acceptors (Lipinski definition) is 2. The number of benzene rings is 1. The molecule has 0 radical (unpaired) electrons. The van der Waals surface area contributed by atoms with E-state index < -0.39 is 6.10 Å². The average Bonchev–Trinajstić information content (AvgIpc) is 2.44. The van der Waals surface area contributed by atoms with E-state index >= 15 is 0 Å². The maximum Gasteiger partial charge on any atom is 0.0917 e. The van der Waals surface area contributed by atoms with Crippen LogP contribution in [0.15, 0.2) is 22.7 Å². The number of nitrogens with zero attached hydrogens (tertiary/aromatic N) is 1. The molecule has 0 aliphatic carbocycles. The largest absolute Gasteiger partial charge is 0.387 e. The van der Waals surface area contributed by atoms with E-state index in [1.807, 2.05) is 12.1 Å². The lowest BCUT2D eigenvalue weighted by atomic mass is 10.1. The van der Waals surface area contributed by atoms with Gasteiger partial charge in [-0.05, 0) is 50.0 Å². The summed E-state index contributed by atoms with van der Waals surface area (Å²) < 4.78 is 1.10. The second-order valence-corrected chi connectivity index (χ2v) is 6.39. The molecular weight excluding hydrogens is 314 g/mol. The molecule has 0 saturated carbocycles. The van der Waals surface area contributed by atoms with Crippen LogP contribution in [-0.2, 0) is 0 Å². The highest BCUT2D eigenvalue weighted by molar-refractivity contribution is 9.10. The van der Waals surface area contributed by atoms with Crippen molar-refractivity contribution in [2.75, 3.05) is 19.6 Å². The second-order valence-electron chi connectivity index (χ2n) is 5.53. The lowest BCUT2D eigenvalue weighted by Crippen LogP contribution is -2.30. The molecule has 1 rings (SSSR count). The Morgan fingerprint density at radius 1 is 1.15 bits per heavy atom. The minimum atomic E-state index is -0.393. The van der Waals surface area contributed by atoms with Gasteiger partial charge in [0.15, 0.2) is 0 Å². The maximum absolute atomic E-state index is 10.4. The van der Waals surface area contributed by atoms with Gasteiger partial charge in [-0.15, -0.1) is 0 Å². The first kappa shape index (κ1) is 17.7. The third kappa shape index (κ3) is 5.94. The van der Waals surface area contributed by atoms with Gasteiger partial charge in [-0.2, -0.15) is 0 Å². The Bertz CT molecular complexity index is 387. The summed E-state index contributed by atoms with van der Waals surface area (Å²) in [7, 11) is 0. The molecule has 0 spiro atoms. The topological polar surface area (TPSA) is 23.5 Å². The highest BCUT2D eigenvalue weighted by atomic mass is 79.9. The third-order valence-electron chi connectivity index (χ3n) is 3.65. The SMILES string of the molecule is CCCCN(CCCC)CC(O)c1ccc(Br)c(C)c1. The summed E-state index contributed by atoms with van der Waals surface area (Å²) in [5, 5.41) is 10.4. The average molecular weight is 342 g/mol. The molecular formula is C17H28BrNO. The van der Waals surface area contributed by atoms with E-state index in [1.54, 1.807) is 0 Å². The first-order chi connectivity index (χ1) is 9.58. The van der Waals surface area contributed by atoms with Gasteiger partial charge in [-0.1, -0.05) is 54.8 Å². The zero-order valence-electron chi connectivity index (χ0n) is 13.0. The van der Waals surface area contributed by atoms with Crippen molar-refractivity contribution < 1.29 is 5.11 Å². The molecule has 114 valence electrons. The minimum Gasteiger partial charge on any atom is -0.387 e. The van der Waals surface area contributed by atoms with Gasteiger partial charge in [0.05, 0.1) is 6.10 Å². The number of aliphatic hydroxyl groups excluding tert-OH is 1. The number of rotatable bonds is 9. The zero-order valence-corrected chi connectivity index (χ0v) is 14.6. The van der Waals surface area contributed by atoms with Crippen molar-refractivity contribution in [2.45, 2.75) is 52.6 Å². The van der Waals surface area contributed by atoms with E-state index in [4.69, 9.17) is 0 Å². The Labute approximate surface area is 132 Å². The van der Waals surface area contributed by atoms with Crippen molar-refractivity contribution in [2.24, 2.45) is 0 Å². The molecule has 1 unspecified atom stereocenters. The molecule has 1 aromatic carbocycles. The number of aryl methyl sites for hydroxylation is 1. The molecule has 0 heterocycles. The predicted octanol–water partition coefficient (Wildman–Crippen LogP) is 4.69. The van der Waals surface area contributed by atoms with Gasteiger partial charge in [-0.3, -0.25) is 0 Å². The molecule has 0 bridgehead atoms. The third-order valence-corrected chi connectivity index (χ3v) is 4.54. The standard InChI is InChI=1S/C17H28BrNO/c1-4-6-10-19(11-7-5-2)13-17(20)15-8-9-16(18)14(3)12-15/h8-9,12,17,20H,4-7,10-11,13H2,1-3H3. The van der Waals surface area contributed by atoms with Crippen LogP contribution in [0.3, 0.4) is 0 Å². The summed E-state index contributed by atoms with van der Waals surface area (Å²) in [6, 6.07) is 6.11. The molecule has 0 aliphatic rings. The summed E-state index contributed by atoms with van der Waals surface area (Å²) in [6.07, 6.45) is 4.42. The van der Waals surface area contributed by atoms with Crippen molar-refractivity contribution in [3.8, 4) is 0 Å². The zero-order chi connectivity index (χ0) is 15.0. The van der Waals surface area contributed by atoms with Gasteiger partial charge in [-0.25, -0.2) is 0 Å². The van der Waals surface area contributed by atoms with E-state index in [0.717, 1.165) is 29.7 Å². The number of halogens is 1. The van der Waals surface area contributed by atoms with Crippen molar-refractivity contribution in [3.63, 3.8) is 0 Å². The molecule has 2 nitrogen and oxygen atoms in total. The summed E-state index contributed by atoms with van der Waals surface area (Å²) >= 11 is 3.51. The normalized spacial score (nSPS) is 12.9. The molecule has 0 aromatic heterocycles. The molecule has 1 N–H and O–H groups in total. The molecule has 1 aromatic rings. The fourth-order valence-corrected chi connectivity index (χ4v) is 2.53. The van der Waals surface area contributed by atoms with Gasteiger partial charge in [0.25, 0.3) is 0 Å². The minimum absolute atomic E-state index is 0.393. The van der Waals surface area contributed by atoms with E-state index in [-0.39, 0.29) is 0 Å². The van der Waals surface area contributed by atoms with Crippen LogP contribution in [-0.4, -0.2) is 29.6 Å². The Morgan fingerprint density at radius 2 is 1.75 bits per heavy atom. The van der Waals surface area contributed by atoms with Crippen LogP contribution >= 0.6 is 15.9 Å². The number of hydrogen-bond donors (Lipinski definition) is 1. The molecule has 1 atom stereocenters. The highest BCUT2D eigenvalue weighted by Crippen LogP contribution is 2.22. The fraction of sp³-hybridized carbons (Fsp3) is 0.647. The Kier molecular flexibility index (Phi) is 8.43. The molecule has 0 amide bonds. The number of aliphatic hydroxyl groups is 1. The first-order valence-corrected chi connectivity index (χ1v) is 8.54. The monoisotopic (exact) mass is 341 g/mol. The van der Waals surface area contributed by atoms with E-state index in [1.165, 1.54) is 31.2 Å². The van der Waals surface area contributed by atoms with E-state index in [9.17, 15) is 5.11 Å². The molecule has 20 heavy (non-hydrogen) atoms. The maximum atomic E-state index is 10.4. The quantitative estimate of drug-likeness (QED) is 0.704. The fourth-order valence-electron chi connectivity index (χ4n) is 2.28. The molecule has 0 saturated heterocycles. The van der Waals surface area contributed by atoms with Crippen LogP contribution in [0.1, 0.15) is 56.8 Å². The van der Waals surface area contributed by atoms with Crippen LogP contribution in [0.5, 0.6) is 0 Å². The summed E-state index contributed by atoms with van der Waals surface area (Å²) in [5.74, 6) is 0. The predicted molar refractivity (Wildman–Crippen MR) is 90.1 cm³/mol. The Morgan fingerprint density at radius 3 is 2.25 bits per heavy atom. The van der Waals surface area contributed by atoms with Crippen LogP contribution in [0.4, 0.5) is 0 Å². The second kappa shape index (κ2) is 9.54. The molecule has 3 heteroatoms. The van der Waals surface area contributed by atoms with Crippen LogP contribution in [0, 0.1) is 6.92 Å². The van der Waals surface area contributed by atoms with Crippen LogP contribution in [0.25, 0.3) is 0 Å². The van der Waals surface area contributed by atoms with Crippen LogP contribution < -0.4 is 0 Å². The summed E-state index contributed by atoms with van der Waals surface area (Å²) in [5.41, 5.74) is 2.19. The summed E-state index contributed by atoms with van der Waals surface area (Å²) in [6.45, 7) is 9.40. The van der Waals surface area contributed by atoms with Crippen LogP contribution in [0.2, 0.25) is 0 Å². The Balaban J connectivity index is 2.62. The summed E-state index contributed by atoms with van der Waals surface area (Å²) in [4.78, 5) is 2.40.